The number of hydrogen-bond acceptors (Lipinski definition) is 7. The third-order valence-corrected chi connectivity index (χ3v) is 9.18. The summed E-state index contributed by atoms with van der Waals surface area (Å²) in [6.07, 6.45) is 0.767. The van der Waals surface area contributed by atoms with Crippen molar-refractivity contribution in [3.05, 3.63) is 71.8 Å². The molecule has 4 rings (SSSR count). The van der Waals surface area contributed by atoms with Gasteiger partial charge in [-0.25, -0.2) is 4.79 Å². The number of esters is 1. The predicted octanol–water partition coefficient (Wildman–Crippen LogP) is 3.64. The summed E-state index contributed by atoms with van der Waals surface area (Å²) in [5.74, 6) is -0.720. The summed E-state index contributed by atoms with van der Waals surface area (Å²) < 4.78 is 5.74. The molecule has 0 aromatic heterocycles. The second-order valence-corrected chi connectivity index (χ2v) is 11.1. The molecule has 7 heteroatoms. The maximum Gasteiger partial charge on any atom is 0.375 e. The van der Waals surface area contributed by atoms with Gasteiger partial charge in [0.05, 0.1) is 11.0 Å². The van der Waals surface area contributed by atoms with Crippen molar-refractivity contribution in [1.29, 1.82) is 0 Å². The lowest BCUT2D eigenvalue weighted by Gasteiger charge is -2.49. The van der Waals surface area contributed by atoms with Crippen molar-refractivity contribution in [1.82, 2.24) is 10.6 Å². The largest absolute Gasteiger partial charge is 0.452 e. The Labute approximate surface area is 212 Å². The van der Waals surface area contributed by atoms with E-state index in [1.54, 1.807) is 25.6 Å². The molecule has 2 fully saturated rings. The number of carbonyl (C=O) groups is 2. The highest BCUT2D eigenvalue weighted by atomic mass is 32.2. The van der Waals surface area contributed by atoms with Gasteiger partial charge in [0.25, 0.3) is 5.78 Å². The van der Waals surface area contributed by atoms with Crippen molar-refractivity contribution >= 4 is 23.5 Å². The number of thioether (sulfide) groups is 1. The number of ether oxygens (including phenoxy) is 1. The Morgan fingerprint density at radius 2 is 1.77 bits per heavy atom. The molecule has 0 saturated carbocycles. The predicted molar refractivity (Wildman–Crippen MR) is 139 cm³/mol. The summed E-state index contributed by atoms with van der Waals surface area (Å²) in [6.45, 7) is 6.13. The van der Waals surface area contributed by atoms with Gasteiger partial charge in [-0.05, 0) is 37.8 Å². The lowest BCUT2D eigenvalue weighted by molar-refractivity contribution is -0.172. The van der Waals surface area contributed by atoms with Crippen LogP contribution in [0.5, 0.6) is 0 Å². The SMILES string of the molecule is CCCC(C)(O)C(Cc1ccccc1)(C(=O)C(=O)O[C@H](C)c1ccccc1)C1SC[C@H]2NCN[C@@H]12. The van der Waals surface area contributed by atoms with Crippen LogP contribution in [0.3, 0.4) is 0 Å². The van der Waals surface area contributed by atoms with Gasteiger partial charge in [0.2, 0.25) is 0 Å². The fourth-order valence-corrected chi connectivity index (χ4v) is 7.65. The van der Waals surface area contributed by atoms with Gasteiger partial charge in [-0.3, -0.25) is 15.4 Å². The van der Waals surface area contributed by atoms with E-state index in [0.717, 1.165) is 16.9 Å². The molecule has 6 atom stereocenters. The molecule has 2 saturated heterocycles. The third kappa shape index (κ3) is 5.05. The first-order valence-electron chi connectivity index (χ1n) is 12.4. The molecule has 2 heterocycles. The molecular weight excluding hydrogens is 460 g/mol. The second kappa shape index (κ2) is 10.8. The van der Waals surface area contributed by atoms with Crippen molar-refractivity contribution in [2.24, 2.45) is 5.41 Å². The Hall–Kier alpha value is -2.19. The van der Waals surface area contributed by atoms with Crippen LogP contribution in [0.25, 0.3) is 0 Å². The first-order chi connectivity index (χ1) is 16.8. The summed E-state index contributed by atoms with van der Waals surface area (Å²) in [4.78, 5) is 27.9. The van der Waals surface area contributed by atoms with E-state index in [1.807, 2.05) is 67.6 Å². The number of hydrogen-bond donors (Lipinski definition) is 3. The standard InChI is InChI=1S/C28H36N2O4S/c1-4-15-27(3,33)28(16-20-11-7-5-8-12-20,25-23-22(17-35-25)29-18-30-23)24(31)26(32)34-19(2)21-13-9-6-10-14-21/h5-14,19,22-23,25,29-30,33H,4,15-18H2,1-3H3/t19-,22-,23-,25?,27?,28?/m1/s1. The average Bonchev–Trinajstić information content (AvgIpc) is 3.47. The number of benzene rings is 2. The number of fused-ring (bicyclic) bond motifs is 1. The third-order valence-electron chi connectivity index (χ3n) is 7.57. The number of Topliss-reactive ketones (excluding diaryl/α,β-unsaturated/α-hetero) is 1. The lowest BCUT2D eigenvalue weighted by atomic mass is 9.60. The monoisotopic (exact) mass is 496 g/mol. The van der Waals surface area contributed by atoms with Gasteiger partial charge >= 0.3 is 5.97 Å². The van der Waals surface area contributed by atoms with Crippen molar-refractivity contribution in [3.63, 3.8) is 0 Å². The fourth-order valence-electron chi connectivity index (χ4n) is 5.69. The van der Waals surface area contributed by atoms with Crippen LogP contribution < -0.4 is 10.6 Å². The van der Waals surface area contributed by atoms with Crippen LogP contribution in [-0.4, -0.2) is 52.2 Å². The Bertz CT molecular complexity index is 1020. The van der Waals surface area contributed by atoms with E-state index in [9.17, 15) is 14.7 Å². The fraction of sp³-hybridized carbons (Fsp3) is 0.500. The molecule has 6 nitrogen and oxygen atoms in total. The van der Waals surface area contributed by atoms with E-state index in [0.29, 0.717) is 19.5 Å². The lowest BCUT2D eigenvalue weighted by Crippen LogP contribution is -2.64. The molecule has 3 N–H and O–H groups in total. The second-order valence-electron chi connectivity index (χ2n) is 9.92. The molecule has 3 unspecified atom stereocenters. The van der Waals surface area contributed by atoms with E-state index in [4.69, 9.17) is 4.74 Å². The van der Waals surface area contributed by atoms with Gasteiger partial charge in [-0.1, -0.05) is 74.0 Å². The van der Waals surface area contributed by atoms with Gasteiger partial charge < -0.3 is 9.84 Å². The summed E-state index contributed by atoms with van der Waals surface area (Å²) in [5.41, 5.74) is -1.04. The molecule has 2 aliphatic heterocycles. The molecule has 0 radical (unpaired) electrons. The molecule has 2 aliphatic rings. The number of rotatable bonds is 10. The Balaban J connectivity index is 1.76. The molecule has 0 aliphatic carbocycles. The quantitative estimate of drug-likeness (QED) is 0.342. The number of nitrogens with one attached hydrogen (secondary N) is 2. The van der Waals surface area contributed by atoms with Gasteiger partial charge in [0, 0.05) is 29.8 Å². The summed E-state index contributed by atoms with van der Waals surface area (Å²) in [7, 11) is 0. The Morgan fingerprint density at radius 1 is 1.11 bits per heavy atom. The minimum atomic E-state index is -1.42. The smallest absolute Gasteiger partial charge is 0.375 e. The van der Waals surface area contributed by atoms with Crippen LogP contribution in [0.15, 0.2) is 60.7 Å². The van der Waals surface area contributed by atoms with E-state index >= 15 is 0 Å². The topological polar surface area (TPSA) is 87.7 Å². The molecule has 35 heavy (non-hydrogen) atoms. The molecule has 2 aromatic rings. The molecule has 0 amide bonds. The molecule has 188 valence electrons. The summed E-state index contributed by atoms with van der Waals surface area (Å²) in [6, 6.07) is 19.2. The van der Waals surface area contributed by atoms with Crippen LogP contribution in [0.4, 0.5) is 0 Å². The van der Waals surface area contributed by atoms with Crippen LogP contribution in [0.2, 0.25) is 0 Å². The highest BCUT2D eigenvalue weighted by Crippen LogP contribution is 2.52. The normalized spacial score (nSPS) is 25.8. The first kappa shape index (κ1) is 25.9. The molecule has 0 spiro atoms. The number of ketones is 1. The van der Waals surface area contributed by atoms with Crippen molar-refractivity contribution in [2.45, 2.75) is 69.1 Å². The van der Waals surface area contributed by atoms with Crippen molar-refractivity contribution in [3.8, 4) is 0 Å². The van der Waals surface area contributed by atoms with E-state index in [1.165, 1.54) is 0 Å². The van der Waals surface area contributed by atoms with Crippen LogP contribution in [-0.2, 0) is 20.7 Å². The zero-order chi connectivity index (χ0) is 25.1. The van der Waals surface area contributed by atoms with Crippen LogP contribution >= 0.6 is 11.8 Å². The zero-order valence-corrected chi connectivity index (χ0v) is 21.5. The summed E-state index contributed by atoms with van der Waals surface area (Å²) >= 11 is 1.66. The van der Waals surface area contributed by atoms with Crippen LogP contribution in [0.1, 0.15) is 50.8 Å². The Kier molecular flexibility index (Phi) is 8.01. The summed E-state index contributed by atoms with van der Waals surface area (Å²) in [5, 5.41) is 18.7. The van der Waals surface area contributed by atoms with Gasteiger partial charge in [0.1, 0.15) is 6.10 Å². The maximum atomic E-state index is 14.3. The molecule has 2 aromatic carbocycles. The maximum absolute atomic E-state index is 14.3. The van der Waals surface area contributed by atoms with Gasteiger partial charge in [-0.2, -0.15) is 11.8 Å². The number of carbonyl (C=O) groups excluding carboxylic acids is 2. The Morgan fingerprint density at radius 3 is 2.43 bits per heavy atom. The van der Waals surface area contributed by atoms with Crippen LogP contribution in [0, 0.1) is 5.41 Å². The average molecular weight is 497 g/mol. The highest BCUT2D eigenvalue weighted by molar-refractivity contribution is 8.00. The minimum absolute atomic E-state index is 0.0321. The highest BCUT2D eigenvalue weighted by Gasteiger charge is 2.64. The van der Waals surface area contributed by atoms with E-state index < -0.39 is 28.9 Å². The first-order valence-corrected chi connectivity index (χ1v) is 13.5. The molecule has 0 bridgehead atoms. The van der Waals surface area contributed by atoms with Gasteiger partial charge in [0.15, 0.2) is 0 Å². The number of aliphatic hydroxyl groups is 1. The van der Waals surface area contributed by atoms with E-state index in [2.05, 4.69) is 10.6 Å². The zero-order valence-electron chi connectivity index (χ0n) is 20.7. The van der Waals surface area contributed by atoms with Crippen molar-refractivity contribution < 1.29 is 19.4 Å². The van der Waals surface area contributed by atoms with E-state index in [-0.39, 0.29) is 23.8 Å². The van der Waals surface area contributed by atoms with Gasteiger partial charge in [-0.15, -0.1) is 0 Å². The minimum Gasteiger partial charge on any atom is -0.452 e. The molecular formula is C28H36N2O4S. The van der Waals surface area contributed by atoms with Crippen molar-refractivity contribution in [2.75, 3.05) is 12.4 Å².